The van der Waals surface area contributed by atoms with Gasteiger partial charge < -0.3 is 4.74 Å². The maximum absolute atomic E-state index is 6.00. The van der Waals surface area contributed by atoms with Crippen molar-refractivity contribution in [2.75, 3.05) is 0 Å². The Kier molecular flexibility index (Phi) is 3.65. The van der Waals surface area contributed by atoms with Crippen molar-refractivity contribution in [2.45, 2.75) is 6.92 Å². The summed E-state index contributed by atoms with van der Waals surface area (Å²) >= 11 is 6.00. The third-order valence-electron chi connectivity index (χ3n) is 2.68. The van der Waals surface area contributed by atoms with Gasteiger partial charge in [0, 0.05) is 10.6 Å². The lowest BCUT2D eigenvalue weighted by Gasteiger charge is -2.11. The molecular formula is C15H12BClO. The number of aryl methyl sites for hydroxylation is 1. The predicted molar refractivity (Wildman–Crippen MR) is 78.8 cm³/mol. The van der Waals surface area contributed by atoms with Gasteiger partial charge in [-0.3, -0.25) is 0 Å². The average molecular weight is 255 g/mol. The van der Waals surface area contributed by atoms with Crippen LogP contribution in [0.15, 0.2) is 36.4 Å². The van der Waals surface area contributed by atoms with Gasteiger partial charge in [0.15, 0.2) is 0 Å². The van der Waals surface area contributed by atoms with E-state index in [-0.39, 0.29) is 0 Å². The first-order valence-electron chi connectivity index (χ1n) is 5.61. The highest BCUT2D eigenvalue weighted by Crippen LogP contribution is 2.25. The molecule has 0 spiro atoms. The van der Waals surface area contributed by atoms with Gasteiger partial charge in [-0.1, -0.05) is 23.6 Å². The molecule has 0 aromatic heterocycles. The second kappa shape index (κ2) is 5.20. The number of rotatable bonds is 2. The summed E-state index contributed by atoms with van der Waals surface area (Å²) in [4.78, 5) is 0. The molecule has 0 N–H and O–H groups in total. The fourth-order valence-electron chi connectivity index (χ4n) is 1.77. The maximum atomic E-state index is 6.00. The molecule has 0 bridgehead atoms. The van der Waals surface area contributed by atoms with Crippen LogP contribution in [-0.4, -0.2) is 7.85 Å². The first-order valence-corrected chi connectivity index (χ1v) is 5.99. The molecule has 18 heavy (non-hydrogen) atoms. The van der Waals surface area contributed by atoms with Gasteiger partial charge in [0.2, 0.25) is 0 Å². The van der Waals surface area contributed by atoms with Crippen molar-refractivity contribution in [3.63, 3.8) is 0 Å². The summed E-state index contributed by atoms with van der Waals surface area (Å²) in [7, 11) is 1.95. The van der Waals surface area contributed by atoms with Crippen molar-refractivity contribution in [3.8, 4) is 23.8 Å². The topological polar surface area (TPSA) is 9.23 Å². The monoisotopic (exact) mass is 254 g/mol. The molecule has 88 valence electrons. The highest BCUT2D eigenvalue weighted by atomic mass is 35.5. The van der Waals surface area contributed by atoms with Crippen LogP contribution in [0.1, 0.15) is 11.1 Å². The highest BCUT2D eigenvalue weighted by Gasteiger charge is 2.05. The molecule has 0 unspecified atom stereocenters. The molecule has 0 amide bonds. The van der Waals surface area contributed by atoms with Gasteiger partial charge in [-0.25, -0.2) is 0 Å². The van der Waals surface area contributed by atoms with Gasteiger partial charge in [0.1, 0.15) is 19.3 Å². The summed E-state index contributed by atoms with van der Waals surface area (Å²) in [6, 6.07) is 11.3. The predicted octanol–water partition coefficient (Wildman–Crippen LogP) is 2.68. The Morgan fingerprint density at radius 3 is 2.72 bits per heavy atom. The summed E-state index contributed by atoms with van der Waals surface area (Å²) < 4.78 is 5.83. The van der Waals surface area contributed by atoms with Crippen LogP contribution >= 0.6 is 11.6 Å². The summed E-state index contributed by atoms with van der Waals surface area (Å²) in [6.45, 7) is 1.98. The minimum Gasteiger partial charge on any atom is -0.458 e. The Labute approximate surface area is 113 Å². The van der Waals surface area contributed by atoms with Gasteiger partial charge in [0.05, 0.1) is 0 Å². The van der Waals surface area contributed by atoms with Crippen molar-refractivity contribution < 1.29 is 4.74 Å². The molecule has 0 heterocycles. The molecule has 0 fully saturated rings. The van der Waals surface area contributed by atoms with Crippen molar-refractivity contribution in [1.82, 2.24) is 0 Å². The maximum Gasteiger partial charge on any atom is 0.145 e. The van der Waals surface area contributed by atoms with Crippen molar-refractivity contribution in [1.29, 1.82) is 0 Å². The lowest BCUT2D eigenvalue weighted by Crippen LogP contribution is -2.10. The van der Waals surface area contributed by atoms with Crippen LogP contribution in [0.2, 0.25) is 5.02 Å². The zero-order chi connectivity index (χ0) is 13.1. The molecule has 0 aliphatic rings. The number of ether oxygens (including phenoxy) is 1. The Balaban J connectivity index is 2.37. The Bertz CT molecular complexity index is 609. The highest BCUT2D eigenvalue weighted by molar-refractivity contribution is 6.35. The molecule has 2 aromatic rings. The van der Waals surface area contributed by atoms with Gasteiger partial charge in [-0.2, -0.15) is 0 Å². The van der Waals surface area contributed by atoms with Gasteiger partial charge in [0.25, 0.3) is 0 Å². The zero-order valence-corrected chi connectivity index (χ0v) is 11.1. The van der Waals surface area contributed by atoms with Gasteiger partial charge in [-0.15, -0.1) is 6.42 Å². The summed E-state index contributed by atoms with van der Waals surface area (Å²) in [5.74, 6) is 4.11. The minimum atomic E-state index is 0.663. The van der Waals surface area contributed by atoms with Crippen LogP contribution in [0, 0.1) is 19.3 Å². The second-order valence-electron chi connectivity index (χ2n) is 4.14. The van der Waals surface area contributed by atoms with E-state index in [1.54, 1.807) is 6.07 Å². The second-order valence-corrected chi connectivity index (χ2v) is 4.58. The third-order valence-corrected chi connectivity index (χ3v) is 2.90. The van der Waals surface area contributed by atoms with Crippen molar-refractivity contribution in [2.24, 2.45) is 0 Å². The molecule has 1 nitrogen and oxygen atoms in total. The lowest BCUT2D eigenvalue weighted by molar-refractivity contribution is 0.486. The van der Waals surface area contributed by atoms with E-state index >= 15 is 0 Å². The standard InChI is InChI=1S/C15H12BClO/c1-3-11-5-4-6-14(15(11)16)18-13-8-10(2)7-12(17)9-13/h1,4-9H,16H2,2H3. The molecule has 3 heteroatoms. The normalized spacial score (nSPS) is 9.83. The first kappa shape index (κ1) is 12.6. The van der Waals surface area contributed by atoms with Crippen LogP contribution < -0.4 is 10.2 Å². The third kappa shape index (κ3) is 2.69. The number of terminal acetylenes is 1. The number of hydrogen-bond acceptors (Lipinski definition) is 1. The summed E-state index contributed by atoms with van der Waals surface area (Å²) in [5.41, 5.74) is 2.85. The quantitative estimate of drug-likeness (QED) is 0.591. The smallest absolute Gasteiger partial charge is 0.145 e. The van der Waals surface area contributed by atoms with E-state index in [1.807, 2.05) is 45.1 Å². The number of halogens is 1. The van der Waals surface area contributed by atoms with E-state index in [9.17, 15) is 0 Å². The summed E-state index contributed by atoms with van der Waals surface area (Å²) in [5, 5.41) is 0.663. The zero-order valence-electron chi connectivity index (χ0n) is 10.3. The van der Waals surface area contributed by atoms with Crippen LogP contribution in [-0.2, 0) is 0 Å². The SMILES string of the molecule is Bc1c(C#C)cccc1Oc1cc(C)cc(Cl)c1. The van der Waals surface area contributed by atoms with Crippen molar-refractivity contribution >= 4 is 24.9 Å². The van der Waals surface area contributed by atoms with Gasteiger partial charge >= 0.3 is 0 Å². The Morgan fingerprint density at radius 1 is 1.28 bits per heavy atom. The molecule has 0 saturated heterocycles. The number of benzene rings is 2. The minimum absolute atomic E-state index is 0.663. The van der Waals surface area contributed by atoms with E-state index in [2.05, 4.69) is 5.92 Å². The van der Waals surface area contributed by atoms with Crippen LogP contribution in [0.5, 0.6) is 11.5 Å². The van der Waals surface area contributed by atoms with Crippen LogP contribution in [0.3, 0.4) is 0 Å². The van der Waals surface area contributed by atoms with Crippen LogP contribution in [0.25, 0.3) is 0 Å². The Morgan fingerprint density at radius 2 is 2.06 bits per heavy atom. The van der Waals surface area contributed by atoms with E-state index in [4.69, 9.17) is 22.8 Å². The molecule has 2 rings (SSSR count). The van der Waals surface area contributed by atoms with Crippen molar-refractivity contribution in [3.05, 3.63) is 52.5 Å². The van der Waals surface area contributed by atoms with Gasteiger partial charge in [-0.05, 0) is 48.3 Å². The fourth-order valence-corrected chi connectivity index (χ4v) is 2.05. The largest absolute Gasteiger partial charge is 0.458 e. The molecule has 0 atom stereocenters. The Hall–Kier alpha value is -1.85. The lowest BCUT2D eigenvalue weighted by atomic mass is 9.90. The molecule has 0 aliphatic heterocycles. The average Bonchev–Trinajstić information content (AvgIpc) is 2.30. The first-order chi connectivity index (χ1) is 8.60. The fraction of sp³-hybridized carbons (Fsp3) is 0.0667. The van der Waals surface area contributed by atoms with Crippen LogP contribution in [0.4, 0.5) is 0 Å². The summed E-state index contributed by atoms with van der Waals surface area (Å²) in [6.07, 6.45) is 5.43. The molecule has 0 radical (unpaired) electrons. The molecule has 2 aromatic carbocycles. The number of hydrogen-bond donors (Lipinski definition) is 0. The molecule has 0 saturated carbocycles. The van der Waals surface area contributed by atoms with E-state index in [0.29, 0.717) is 5.02 Å². The van der Waals surface area contributed by atoms with E-state index in [1.165, 1.54) is 0 Å². The van der Waals surface area contributed by atoms with E-state index < -0.39 is 0 Å². The van der Waals surface area contributed by atoms with E-state index in [0.717, 1.165) is 28.1 Å². The molecular weight excluding hydrogens is 242 g/mol. The molecule has 0 aliphatic carbocycles.